The van der Waals surface area contributed by atoms with Crippen molar-refractivity contribution in [2.75, 3.05) is 13.2 Å². The average molecular weight is 342 g/mol. The van der Waals surface area contributed by atoms with Crippen molar-refractivity contribution >= 4 is 36.8 Å². The number of hydrogen-bond acceptors (Lipinski definition) is 4. The summed E-state index contributed by atoms with van der Waals surface area (Å²) in [5, 5.41) is 0.716. The van der Waals surface area contributed by atoms with Gasteiger partial charge in [0.25, 0.3) is 0 Å². The number of benzene rings is 2. The van der Waals surface area contributed by atoms with Crippen molar-refractivity contribution in [2.45, 2.75) is 20.1 Å². The molecule has 0 aliphatic carbocycles. The summed E-state index contributed by atoms with van der Waals surface area (Å²) in [5.74, 6) is 0. The normalized spacial score (nSPS) is 15.8. The molecule has 2 aromatic rings. The van der Waals surface area contributed by atoms with E-state index in [1.165, 1.54) is 11.1 Å². The van der Waals surface area contributed by atoms with Crippen LogP contribution < -0.4 is 10.9 Å². The molecule has 0 saturated carbocycles. The van der Waals surface area contributed by atoms with Crippen LogP contribution >= 0.6 is 11.6 Å². The molecule has 0 bridgehead atoms. The van der Waals surface area contributed by atoms with Crippen molar-refractivity contribution in [2.24, 2.45) is 0 Å². The Balaban J connectivity index is 1.28. The molecule has 2 aliphatic rings. The Hall–Kier alpha value is -1.30. The first-order chi connectivity index (χ1) is 11.7. The van der Waals surface area contributed by atoms with Crippen LogP contribution in [0.2, 0.25) is 5.02 Å². The maximum absolute atomic E-state index is 5.99. The highest BCUT2D eigenvalue weighted by atomic mass is 35.5. The van der Waals surface area contributed by atoms with Crippen molar-refractivity contribution in [1.82, 2.24) is 0 Å². The molecule has 0 N–H and O–H groups in total. The minimum Gasteiger partial charge on any atom is -0.405 e. The van der Waals surface area contributed by atoms with Gasteiger partial charge < -0.3 is 18.6 Å². The van der Waals surface area contributed by atoms with Gasteiger partial charge in [0.05, 0.1) is 26.4 Å². The third kappa shape index (κ3) is 3.25. The van der Waals surface area contributed by atoms with Crippen molar-refractivity contribution in [3.8, 4) is 0 Å². The Morgan fingerprint density at radius 1 is 0.917 bits per heavy atom. The molecule has 0 radical (unpaired) electrons. The largest absolute Gasteiger partial charge is 0.494 e. The van der Waals surface area contributed by atoms with Crippen LogP contribution in [0.1, 0.15) is 16.7 Å². The molecule has 0 atom stereocenters. The fourth-order valence-corrected chi connectivity index (χ4v) is 3.31. The fourth-order valence-electron chi connectivity index (χ4n) is 3.12. The van der Waals surface area contributed by atoms with Crippen LogP contribution in [0.4, 0.5) is 0 Å². The molecule has 2 aromatic carbocycles. The molecule has 122 valence electrons. The topological polar surface area (TPSA) is 36.9 Å². The summed E-state index contributed by atoms with van der Waals surface area (Å²) in [6, 6.07) is 12.0. The van der Waals surface area contributed by atoms with E-state index in [4.69, 9.17) is 30.2 Å². The predicted molar refractivity (Wildman–Crippen MR) is 94.9 cm³/mol. The van der Waals surface area contributed by atoms with E-state index in [0.29, 0.717) is 31.5 Å². The van der Waals surface area contributed by atoms with Gasteiger partial charge in [-0.05, 0) is 41.1 Å². The van der Waals surface area contributed by atoms with E-state index in [1.807, 2.05) is 18.2 Å². The molecule has 0 saturated heterocycles. The zero-order valence-electron chi connectivity index (χ0n) is 13.5. The first-order valence-corrected chi connectivity index (χ1v) is 8.42. The maximum Gasteiger partial charge on any atom is 0.494 e. The van der Waals surface area contributed by atoms with Crippen LogP contribution in [0.5, 0.6) is 0 Å². The Morgan fingerprint density at radius 2 is 1.50 bits per heavy atom. The van der Waals surface area contributed by atoms with Gasteiger partial charge in [0.2, 0.25) is 0 Å². The van der Waals surface area contributed by atoms with Crippen molar-refractivity contribution in [3.63, 3.8) is 0 Å². The van der Waals surface area contributed by atoms with Crippen LogP contribution in [0.15, 0.2) is 36.4 Å². The summed E-state index contributed by atoms with van der Waals surface area (Å²) < 4.78 is 23.0. The molecular formula is C17H17B2ClO4. The monoisotopic (exact) mass is 342 g/mol. The lowest BCUT2D eigenvalue weighted by molar-refractivity contribution is 0.149. The Morgan fingerprint density at radius 3 is 2.17 bits per heavy atom. The standard InChI is InChI=1S/C17H17B2ClO4/c1-12-2-4-16-13(8-12)10-23-18(16)21-6-7-22-19-17-5-3-15(20)9-14(17)11-24-19/h2-5,8-9H,6-7,10-11H2,1H3. The number of halogens is 1. The number of hydrogen-bond donors (Lipinski definition) is 0. The molecule has 4 nitrogen and oxygen atoms in total. The highest BCUT2D eigenvalue weighted by molar-refractivity contribution is 6.63. The molecule has 2 aliphatic heterocycles. The molecule has 4 rings (SSSR count). The van der Waals surface area contributed by atoms with Gasteiger partial charge in [-0.25, -0.2) is 0 Å². The molecule has 24 heavy (non-hydrogen) atoms. The molecule has 0 spiro atoms. The van der Waals surface area contributed by atoms with E-state index in [-0.39, 0.29) is 14.2 Å². The molecule has 0 aromatic heterocycles. The predicted octanol–water partition coefficient (Wildman–Crippen LogP) is 1.83. The molecule has 0 unspecified atom stereocenters. The van der Waals surface area contributed by atoms with E-state index in [9.17, 15) is 0 Å². The third-order valence-electron chi connectivity index (χ3n) is 4.31. The second-order valence-corrected chi connectivity index (χ2v) is 6.51. The van der Waals surface area contributed by atoms with E-state index >= 15 is 0 Å². The number of fused-ring (bicyclic) bond motifs is 2. The van der Waals surface area contributed by atoms with Crippen molar-refractivity contribution < 1.29 is 18.6 Å². The molecule has 0 amide bonds. The van der Waals surface area contributed by atoms with Crippen LogP contribution in [0, 0.1) is 6.92 Å². The molecule has 7 heteroatoms. The zero-order chi connectivity index (χ0) is 16.5. The van der Waals surface area contributed by atoms with Gasteiger partial charge in [-0.15, -0.1) is 0 Å². The van der Waals surface area contributed by atoms with Crippen molar-refractivity contribution in [1.29, 1.82) is 0 Å². The van der Waals surface area contributed by atoms with Crippen LogP contribution in [0.25, 0.3) is 0 Å². The molecule has 2 heterocycles. The first-order valence-electron chi connectivity index (χ1n) is 8.05. The number of aryl methyl sites for hydroxylation is 1. The van der Waals surface area contributed by atoms with Gasteiger partial charge in [-0.2, -0.15) is 0 Å². The lowest BCUT2D eigenvalue weighted by Gasteiger charge is -2.11. The molecule has 0 fully saturated rings. The fraction of sp³-hybridized carbons (Fsp3) is 0.294. The summed E-state index contributed by atoms with van der Waals surface area (Å²) >= 11 is 5.99. The van der Waals surface area contributed by atoms with Gasteiger partial charge in [-0.3, -0.25) is 0 Å². The van der Waals surface area contributed by atoms with Crippen LogP contribution in [-0.4, -0.2) is 27.5 Å². The summed E-state index contributed by atoms with van der Waals surface area (Å²) in [4.78, 5) is 0. The van der Waals surface area contributed by atoms with Gasteiger partial charge in [0.15, 0.2) is 0 Å². The lowest BCUT2D eigenvalue weighted by atomic mass is 9.78. The maximum atomic E-state index is 5.99. The van der Waals surface area contributed by atoms with Crippen LogP contribution in [-0.2, 0) is 31.8 Å². The SMILES string of the molecule is Cc1ccc2c(c1)COB2OCCOB1OCc2cc(Cl)ccc21. The lowest BCUT2D eigenvalue weighted by Crippen LogP contribution is -2.36. The summed E-state index contributed by atoms with van der Waals surface area (Å²) in [6.07, 6.45) is 0. The van der Waals surface area contributed by atoms with Crippen LogP contribution in [0.3, 0.4) is 0 Å². The highest BCUT2D eigenvalue weighted by Crippen LogP contribution is 2.17. The van der Waals surface area contributed by atoms with Gasteiger partial charge in [-0.1, -0.05) is 41.4 Å². The zero-order valence-corrected chi connectivity index (χ0v) is 14.2. The van der Waals surface area contributed by atoms with Crippen molar-refractivity contribution in [3.05, 3.63) is 58.1 Å². The van der Waals surface area contributed by atoms with E-state index in [0.717, 1.165) is 16.5 Å². The Kier molecular flexibility index (Phi) is 4.66. The first kappa shape index (κ1) is 16.2. The third-order valence-corrected chi connectivity index (χ3v) is 4.55. The minimum absolute atomic E-state index is 0.306. The summed E-state index contributed by atoms with van der Waals surface area (Å²) in [7, 11) is -0.653. The Labute approximate surface area is 147 Å². The smallest absolute Gasteiger partial charge is 0.405 e. The number of rotatable bonds is 5. The average Bonchev–Trinajstić information content (AvgIpc) is 3.15. The van der Waals surface area contributed by atoms with E-state index in [1.54, 1.807) is 0 Å². The second-order valence-electron chi connectivity index (χ2n) is 6.07. The van der Waals surface area contributed by atoms with Gasteiger partial charge in [0.1, 0.15) is 0 Å². The van der Waals surface area contributed by atoms with Gasteiger partial charge >= 0.3 is 14.2 Å². The summed E-state index contributed by atoms with van der Waals surface area (Å²) in [5.41, 5.74) is 5.66. The molecular weight excluding hydrogens is 325 g/mol. The Bertz CT molecular complexity index is 692. The van der Waals surface area contributed by atoms with E-state index < -0.39 is 0 Å². The highest BCUT2D eigenvalue weighted by Gasteiger charge is 2.32. The van der Waals surface area contributed by atoms with E-state index in [2.05, 4.69) is 25.1 Å². The van der Waals surface area contributed by atoms with Gasteiger partial charge in [0, 0.05) is 5.02 Å². The summed E-state index contributed by atoms with van der Waals surface area (Å²) in [6.45, 7) is 4.09. The quantitative estimate of drug-likeness (QED) is 0.614. The minimum atomic E-state index is -0.347. The second kappa shape index (κ2) is 6.90.